The minimum atomic E-state index is 0.430. The van der Waals surface area contributed by atoms with Crippen LogP contribution in [-0.4, -0.2) is 18.6 Å². The van der Waals surface area contributed by atoms with E-state index in [1.54, 1.807) is 0 Å². The lowest BCUT2D eigenvalue weighted by Crippen LogP contribution is -2.26. The van der Waals surface area contributed by atoms with E-state index in [-0.39, 0.29) is 0 Å². The van der Waals surface area contributed by atoms with Crippen molar-refractivity contribution in [3.8, 4) is 0 Å². The number of benzene rings is 1. The number of rotatable bonds is 4. The Hall–Kier alpha value is -0.800. The van der Waals surface area contributed by atoms with Crippen molar-refractivity contribution >= 4 is 34.5 Å². The molecule has 0 bridgehead atoms. The van der Waals surface area contributed by atoms with Gasteiger partial charge in [-0.2, -0.15) is 0 Å². The van der Waals surface area contributed by atoms with Gasteiger partial charge in [0.2, 0.25) is 0 Å². The maximum Gasteiger partial charge on any atom is 0.106 e. The highest BCUT2D eigenvalue weighted by Gasteiger charge is 2.19. The van der Waals surface area contributed by atoms with Gasteiger partial charge in [-0.05, 0) is 37.0 Å². The number of hydrogen-bond donors (Lipinski definition) is 1. The zero-order valence-corrected chi connectivity index (χ0v) is 12.2. The Balaban J connectivity index is 2.19. The topological polar surface area (TPSA) is 29.3 Å². The van der Waals surface area contributed by atoms with Gasteiger partial charge in [-0.25, -0.2) is 0 Å². The van der Waals surface area contributed by atoms with Crippen LogP contribution in [0.2, 0.25) is 5.02 Å². The summed E-state index contributed by atoms with van der Waals surface area (Å²) in [6, 6.07) is 5.69. The summed E-state index contributed by atoms with van der Waals surface area (Å²) in [6.45, 7) is 1.05. The van der Waals surface area contributed by atoms with Crippen LogP contribution in [0, 0.1) is 5.92 Å². The Kier molecular flexibility index (Phi) is 4.46. The molecule has 0 aromatic heterocycles. The summed E-state index contributed by atoms with van der Waals surface area (Å²) >= 11 is 11.2. The molecular formula is C14H19ClN2S. The van der Waals surface area contributed by atoms with E-state index in [9.17, 15) is 0 Å². The zero-order chi connectivity index (χ0) is 13.1. The van der Waals surface area contributed by atoms with Crippen LogP contribution < -0.4 is 10.6 Å². The molecule has 0 unspecified atom stereocenters. The summed E-state index contributed by atoms with van der Waals surface area (Å²) in [6.07, 6.45) is 5.37. The molecule has 0 amide bonds. The predicted octanol–water partition coefficient (Wildman–Crippen LogP) is 3.60. The molecule has 1 fully saturated rings. The van der Waals surface area contributed by atoms with Crippen molar-refractivity contribution in [2.24, 2.45) is 11.7 Å². The molecule has 0 atom stereocenters. The van der Waals surface area contributed by atoms with Gasteiger partial charge < -0.3 is 10.6 Å². The van der Waals surface area contributed by atoms with Gasteiger partial charge in [0.15, 0.2) is 0 Å². The van der Waals surface area contributed by atoms with Crippen LogP contribution in [-0.2, 0) is 0 Å². The Morgan fingerprint density at radius 3 is 2.72 bits per heavy atom. The van der Waals surface area contributed by atoms with Gasteiger partial charge in [-0.1, -0.05) is 36.7 Å². The SMILES string of the molecule is CN(CC1CCCC1)c1cc(Cl)ccc1C(N)=S. The third-order valence-electron chi connectivity index (χ3n) is 3.64. The van der Waals surface area contributed by atoms with E-state index < -0.39 is 0 Å². The van der Waals surface area contributed by atoms with E-state index in [1.807, 2.05) is 18.2 Å². The van der Waals surface area contributed by atoms with Gasteiger partial charge >= 0.3 is 0 Å². The first-order valence-corrected chi connectivity index (χ1v) is 7.17. The summed E-state index contributed by atoms with van der Waals surface area (Å²) in [5.74, 6) is 0.785. The molecule has 98 valence electrons. The van der Waals surface area contributed by atoms with E-state index in [2.05, 4.69) is 11.9 Å². The summed E-state index contributed by atoms with van der Waals surface area (Å²) in [7, 11) is 2.09. The van der Waals surface area contributed by atoms with Crippen molar-refractivity contribution in [3.63, 3.8) is 0 Å². The lowest BCUT2D eigenvalue weighted by molar-refractivity contribution is 0.547. The average Bonchev–Trinajstić information content (AvgIpc) is 2.81. The molecule has 0 saturated heterocycles. The molecule has 2 N–H and O–H groups in total. The van der Waals surface area contributed by atoms with Gasteiger partial charge in [0.05, 0.1) is 0 Å². The molecule has 1 aliphatic carbocycles. The van der Waals surface area contributed by atoms with Crippen LogP contribution >= 0.6 is 23.8 Å². The van der Waals surface area contributed by atoms with Gasteiger partial charge in [0.25, 0.3) is 0 Å². The van der Waals surface area contributed by atoms with Crippen LogP contribution in [0.5, 0.6) is 0 Å². The minimum Gasteiger partial charge on any atom is -0.389 e. The fourth-order valence-electron chi connectivity index (χ4n) is 2.71. The fourth-order valence-corrected chi connectivity index (χ4v) is 3.05. The first-order chi connectivity index (χ1) is 8.58. The first kappa shape index (κ1) is 13.6. The molecule has 0 heterocycles. The second-order valence-electron chi connectivity index (χ2n) is 5.06. The third kappa shape index (κ3) is 3.15. The molecule has 4 heteroatoms. The molecule has 1 aromatic rings. The molecule has 2 nitrogen and oxygen atoms in total. The molecule has 0 radical (unpaired) electrons. The van der Waals surface area contributed by atoms with Crippen LogP contribution in [0.3, 0.4) is 0 Å². The van der Waals surface area contributed by atoms with Gasteiger partial charge in [-0.15, -0.1) is 0 Å². The van der Waals surface area contributed by atoms with Crippen molar-refractivity contribution in [1.29, 1.82) is 0 Å². The summed E-state index contributed by atoms with van der Waals surface area (Å²) < 4.78 is 0. The maximum atomic E-state index is 6.07. The van der Waals surface area contributed by atoms with Crippen molar-refractivity contribution < 1.29 is 0 Å². The van der Waals surface area contributed by atoms with Crippen molar-refractivity contribution in [2.75, 3.05) is 18.5 Å². The van der Waals surface area contributed by atoms with Crippen molar-refractivity contribution in [3.05, 3.63) is 28.8 Å². The number of nitrogens with zero attached hydrogens (tertiary/aromatic N) is 1. The Morgan fingerprint density at radius 1 is 1.44 bits per heavy atom. The second-order valence-corrected chi connectivity index (χ2v) is 5.93. The van der Waals surface area contributed by atoms with Crippen LogP contribution in [0.15, 0.2) is 18.2 Å². The standard InChI is InChI=1S/C14H19ClN2S/c1-17(9-10-4-2-3-5-10)13-8-11(15)6-7-12(13)14(16)18/h6-8,10H,2-5,9H2,1H3,(H2,16,18). The maximum absolute atomic E-state index is 6.07. The lowest BCUT2D eigenvalue weighted by Gasteiger charge is -2.25. The van der Waals surface area contributed by atoms with E-state index in [1.165, 1.54) is 25.7 Å². The number of nitrogens with two attached hydrogens (primary N) is 1. The van der Waals surface area contributed by atoms with Crippen LogP contribution in [0.1, 0.15) is 31.2 Å². The highest BCUT2D eigenvalue weighted by atomic mass is 35.5. The number of hydrogen-bond acceptors (Lipinski definition) is 2. The average molecular weight is 283 g/mol. The highest BCUT2D eigenvalue weighted by molar-refractivity contribution is 7.80. The number of thiocarbonyl (C=S) groups is 1. The summed E-state index contributed by atoms with van der Waals surface area (Å²) in [5, 5.41) is 0.725. The summed E-state index contributed by atoms with van der Waals surface area (Å²) in [4.78, 5) is 2.66. The fraction of sp³-hybridized carbons (Fsp3) is 0.500. The molecule has 1 aromatic carbocycles. The minimum absolute atomic E-state index is 0.430. The summed E-state index contributed by atoms with van der Waals surface area (Å²) in [5.41, 5.74) is 7.73. The highest BCUT2D eigenvalue weighted by Crippen LogP contribution is 2.29. The van der Waals surface area contributed by atoms with Crippen LogP contribution in [0.25, 0.3) is 0 Å². The Morgan fingerprint density at radius 2 is 2.11 bits per heavy atom. The quantitative estimate of drug-likeness (QED) is 0.856. The van der Waals surface area contributed by atoms with Crippen molar-refractivity contribution in [1.82, 2.24) is 0 Å². The van der Waals surface area contributed by atoms with E-state index in [4.69, 9.17) is 29.6 Å². The zero-order valence-electron chi connectivity index (χ0n) is 10.7. The van der Waals surface area contributed by atoms with E-state index in [0.717, 1.165) is 28.7 Å². The van der Waals surface area contributed by atoms with Gasteiger partial charge in [-0.3, -0.25) is 0 Å². The molecular weight excluding hydrogens is 264 g/mol. The molecule has 0 aliphatic heterocycles. The van der Waals surface area contributed by atoms with Gasteiger partial charge in [0, 0.05) is 29.9 Å². The number of anilines is 1. The Labute approximate surface area is 119 Å². The van der Waals surface area contributed by atoms with Crippen LogP contribution in [0.4, 0.5) is 5.69 Å². The molecule has 1 aliphatic rings. The molecule has 0 spiro atoms. The van der Waals surface area contributed by atoms with Gasteiger partial charge in [0.1, 0.15) is 4.99 Å². The molecule has 1 saturated carbocycles. The van der Waals surface area contributed by atoms with E-state index in [0.29, 0.717) is 4.99 Å². The largest absolute Gasteiger partial charge is 0.389 e. The van der Waals surface area contributed by atoms with Crippen molar-refractivity contribution in [2.45, 2.75) is 25.7 Å². The Bertz CT molecular complexity index is 441. The molecule has 2 rings (SSSR count). The first-order valence-electron chi connectivity index (χ1n) is 6.38. The number of halogens is 1. The normalized spacial score (nSPS) is 15.9. The second kappa shape index (κ2) is 5.89. The monoisotopic (exact) mass is 282 g/mol. The smallest absolute Gasteiger partial charge is 0.106 e. The molecule has 18 heavy (non-hydrogen) atoms. The lowest BCUT2D eigenvalue weighted by atomic mass is 10.1. The third-order valence-corrected chi connectivity index (χ3v) is 4.10. The van der Waals surface area contributed by atoms with E-state index >= 15 is 0 Å². The predicted molar refractivity (Wildman–Crippen MR) is 82.6 cm³/mol.